The van der Waals surface area contributed by atoms with Gasteiger partial charge in [0, 0.05) is 49.4 Å². The lowest BCUT2D eigenvalue weighted by atomic mass is 9.95. The number of hydrogen-bond acceptors (Lipinski definition) is 3. The van der Waals surface area contributed by atoms with Gasteiger partial charge in [-0.05, 0) is 51.0 Å². The van der Waals surface area contributed by atoms with Gasteiger partial charge in [-0.25, -0.2) is 0 Å². The molecule has 0 spiro atoms. The van der Waals surface area contributed by atoms with Crippen molar-refractivity contribution in [3.63, 3.8) is 0 Å². The van der Waals surface area contributed by atoms with Crippen molar-refractivity contribution in [2.45, 2.75) is 40.5 Å². The Balaban J connectivity index is 1.92. The molecule has 5 nitrogen and oxygen atoms in total. The number of rotatable bonds is 7. The van der Waals surface area contributed by atoms with Gasteiger partial charge >= 0.3 is 0 Å². The number of anilines is 2. The van der Waals surface area contributed by atoms with E-state index in [1.54, 1.807) is 0 Å². The quantitative estimate of drug-likeness (QED) is 0.713. The van der Waals surface area contributed by atoms with Gasteiger partial charge in [0.15, 0.2) is 0 Å². The van der Waals surface area contributed by atoms with E-state index < -0.39 is 5.41 Å². The van der Waals surface area contributed by atoms with E-state index in [1.165, 1.54) is 0 Å². The van der Waals surface area contributed by atoms with E-state index in [1.807, 2.05) is 43.0 Å². The first-order valence-electron chi connectivity index (χ1n) is 9.83. The van der Waals surface area contributed by atoms with Crippen molar-refractivity contribution in [1.82, 2.24) is 4.90 Å². The minimum Gasteiger partial charge on any atom is -0.368 e. The third-order valence-corrected chi connectivity index (χ3v) is 6.03. The molecule has 1 aliphatic rings. The summed E-state index contributed by atoms with van der Waals surface area (Å²) in [6.07, 6.45) is 1.81. The topological polar surface area (TPSA) is 52.7 Å². The van der Waals surface area contributed by atoms with Crippen molar-refractivity contribution >= 4 is 34.8 Å². The summed E-state index contributed by atoms with van der Waals surface area (Å²) in [6, 6.07) is 7.86. The summed E-state index contributed by atoms with van der Waals surface area (Å²) in [6.45, 7) is 11.0. The number of nitrogens with one attached hydrogen (secondary N) is 1. The first kappa shape index (κ1) is 21.5. The summed E-state index contributed by atoms with van der Waals surface area (Å²) in [4.78, 5) is 29.0. The van der Waals surface area contributed by atoms with Gasteiger partial charge in [0.05, 0.1) is 5.41 Å². The van der Waals surface area contributed by atoms with Gasteiger partial charge in [0.2, 0.25) is 11.8 Å². The van der Waals surface area contributed by atoms with Crippen LogP contribution >= 0.6 is 11.6 Å². The van der Waals surface area contributed by atoms with Gasteiger partial charge in [-0.3, -0.25) is 9.59 Å². The summed E-state index contributed by atoms with van der Waals surface area (Å²) in [5.41, 5.74) is 1.28. The van der Waals surface area contributed by atoms with Crippen molar-refractivity contribution in [2.75, 3.05) is 42.3 Å². The fourth-order valence-electron chi connectivity index (χ4n) is 3.20. The molecule has 0 aliphatic carbocycles. The molecule has 6 heteroatoms. The van der Waals surface area contributed by atoms with Crippen molar-refractivity contribution in [2.24, 2.45) is 11.3 Å². The van der Waals surface area contributed by atoms with Crippen LogP contribution in [0.4, 0.5) is 11.4 Å². The zero-order valence-corrected chi connectivity index (χ0v) is 17.7. The molecule has 150 valence electrons. The zero-order chi connectivity index (χ0) is 20.0. The van der Waals surface area contributed by atoms with Crippen LogP contribution in [0.5, 0.6) is 0 Å². The molecule has 0 aromatic heterocycles. The number of nitrogens with zero attached hydrogens (tertiary/aromatic N) is 2. The summed E-state index contributed by atoms with van der Waals surface area (Å²) in [5, 5.41) is 2.92. The van der Waals surface area contributed by atoms with Crippen molar-refractivity contribution in [3.8, 4) is 0 Å². The van der Waals surface area contributed by atoms with Gasteiger partial charge in [0.25, 0.3) is 0 Å². The Labute approximate surface area is 168 Å². The van der Waals surface area contributed by atoms with Crippen LogP contribution in [0.15, 0.2) is 24.3 Å². The smallest absolute Gasteiger partial charge is 0.231 e. The van der Waals surface area contributed by atoms with E-state index in [2.05, 4.69) is 24.1 Å². The highest BCUT2D eigenvalue weighted by Gasteiger charge is 2.27. The van der Waals surface area contributed by atoms with Crippen LogP contribution in [0, 0.1) is 11.3 Å². The Morgan fingerprint density at radius 1 is 1.07 bits per heavy atom. The third kappa shape index (κ3) is 5.38. The SMILES string of the molecule is CCC(CC)C(=O)N1CCN(c2ccc(NC(=O)C(C)(C)CCl)cc2)CC1. The molecule has 0 atom stereocenters. The Bertz CT molecular complexity index is 633. The molecule has 0 saturated carbocycles. The zero-order valence-electron chi connectivity index (χ0n) is 16.9. The Morgan fingerprint density at radius 3 is 2.11 bits per heavy atom. The molecule has 0 unspecified atom stereocenters. The number of halogens is 1. The Kier molecular flexibility index (Phi) is 7.54. The molecule has 1 aromatic rings. The predicted molar refractivity (Wildman–Crippen MR) is 112 cm³/mol. The van der Waals surface area contributed by atoms with Crippen molar-refractivity contribution in [3.05, 3.63) is 24.3 Å². The van der Waals surface area contributed by atoms with E-state index in [4.69, 9.17) is 11.6 Å². The molecular formula is C21H32ClN3O2. The standard InChI is InChI=1S/C21H32ClN3O2/c1-5-16(6-2)19(26)25-13-11-24(12-14-25)18-9-7-17(8-10-18)23-20(27)21(3,4)15-22/h7-10,16H,5-6,11-15H2,1-4H3,(H,23,27). The van der Waals surface area contributed by atoms with Gasteiger partial charge in [-0.1, -0.05) is 13.8 Å². The van der Waals surface area contributed by atoms with Crippen LogP contribution in [0.1, 0.15) is 40.5 Å². The van der Waals surface area contributed by atoms with Crippen LogP contribution in [0.2, 0.25) is 0 Å². The van der Waals surface area contributed by atoms with Crippen LogP contribution in [0.25, 0.3) is 0 Å². The summed E-state index contributed by atoms with van der Waals surface area (Å²) in [5.74, 6) is 0.631. The van der Waals surface area contributed by atoms with Crippen LogP contribution in [0.3, 0.4) is 0 Å². The van der Waals surface area contributed by atoms with E-state index in [-0.39, 0.29) is 17.7 Å². The molecule has 27 heavy (non-hydrogen) atoms. The first-order chi connectivity index (χ1) is 12.8. The van der Waals surface area contributed by atoms with Gasteiger partial charge in [-0.15, -0.1) is 11.6 Å². The van der Waals surface area contributed by atoms with Gasteiger partial charge in [-0.2, -0.15) is 0 Å². The maximum absolute atomic E-state index is 12.5. The molecule has 1 N–H and O–H groups in total. The van der Waals surface area contributed by atoms with Crippen LogP contribution < -0.4 is 10.2 Å². The maximum Gasteiger partial charge on any atom is 0.231 e. The molecule has 0 bridgehead atoms. The monoisotopic (exact) mass is 393 g/mol. The predicted octanol–water partition coefficient (Wildman–Crippen LogP) is 3.97. The highest BCUT2D eigenvalue weighted by molar-refractivity contribution is 6.20. The summed E-state index contributed by atoms with van der Waals surface area (Å²) in [7, 11) is 0. The average molecular weight is 394 g/mol. The second-order valence-corrected chi connectivity index (χ2v) is 8.11. The lowest BCUT2D eigenvalue weighted by molar-refractivity contribution is -0.136. The van der Waals surface area contributed by atoms with Crippen molar-refractivity contribution < 1.29 is 9.59 Å². The maximum atomic E-state index is 12.5. The molecule has 1 saturated heterocycles. The Morgan fingerprint density at radius 2 is 1.63 bits per heavy atom. The third-order valence-electron chi connectivity index (χ3n) is 5.37. The molecule has 2 rings (SSSR count). The highest BCUT2D eigenvalue weighted by Crippen LogP contribution is 2.23. The average Bonchev–Trinajstić information content (AvgIpc) is 2.69. The molecule has 1 heterocycles. The normalized spacial score (nSPS) is 15.2. The number of amides is 2. The van der Waals surface area contributed by atoms with Gasteiger partial charge in [0.1, 0.15) is 0 Å². The number of benzene rings is 1. The molecule has 0 radical (unpaired) electrons. The fraction of sp³-hybridized carbons (Fsp3) is 0.619. The first-order valence-corrected chi connectivity index (χ1v) is 10.4. The van der Waals surface area contributed by atoms with E-state index in [9.17, 15) is 9.59 Å². The number of piperazine rings is 1. The second-order valence-electron chi connectivity index (χ2n) is 7.84. The number of alkyl halides is 1. The van der Waals surface area contributed by atoms with Crippen molar-refractivity contribution in [1.29, 1.82) is 0 Å². The van der Waals surface area contributed by atoms with Gasteiger partial charge < -0.3 is 15.1 Å². The van der Waals surface area contributed by atoms with E-state index >= 15 is 0 Å². The lowest BCUT2D eigenvalue weighted by Crippen LogP contribution is -2.50. The highest BCUT2D eigenvalue weighted by atomic mass is 35.5. The number of hydrogen-bond donors (Lipinski definition) is 1. The minimum absolute atomic E-state index is 0.0845. The molecular weight excluding hydrogens is 362 g/mol. The number of carbonyl (C=O) groups is 2. The molecule has 1 aliphatic heterocycles. The minimum atomic E-state index is -0.599. The summed E-state index contributed by atoms with van der Waals surface area (Å²) >= 11 is 5.86. The molecule has 1 fully saturated rings. The second kappa shape index (κ2) is 9.45. The van der Waals surface area contributed by atoms with E-state index in [0.717, 1.165) is 50.4 Å². The Hall–Kier alpha value is -1.75. The largest absolute Gasteiger partial charge is 0.368 e. The van der Waals surface area contributed by atoms with Crippen LogP contribution in [-0.4, -0.2) is 48.8 Å². The van der Waals surface area contributed by atoms with Crippen LogP contribution in [-0.2, 0) is 9.59 Å². The summed E-state index contributed by atoms with van der Waals surface area (Å²) < 4.78 is 0. The fourth-order valence-corrected chi connectivity index (χ4v) is 3.32. The van der Waals surface area contributed by atoms with E-state index in [0.29, 0.717) is 5.91 Å². The number of carbonyl (C=O) groups excluding carboxylic acids is 2. The lowest BCUT2D eigenvalue weighted by Gasteiger charge is -2.37. The molecule has 2 amide bonds. The molecule has 1 aromatic carbocycles.